The summed E-state index contributed by atoms with van der Waals surface area (Å²) in [6.45, 7) is 0. The van der Waals surface area contributed by atoms with E-state index >= 15 is 0 Å². The highest BCUT2D eigenvalue weighted by Gasteiger charge is 2.11. The first-order valence-corrected chi connectivity index (χ1v) is 6.31. The number of benzene rings is 2. The Bertz CT molecular complexity index is 751. The van der Waals surface area contributed by atoms with Crippen LogP contribution >= 0.6 is 0 Å². The van der Waals surface area contributed by atoms with Gasteiger partial charge in [0.05, 0.1) is 0 Å². The number of aromatic nitrogens is 1. The van der Waals surface area contributed by atoms with Gasteiger partial charge in [-0.05, 0) is 36.4 Å². The Morgan fingerprint density at radius 3 is 2.48 bits per heavy atom. The predicted molar refractivity (Wildman–Crippen MR) is 76.3 cm³/mol. The van der Waals surface area contributed by atoms with Crippen molar-refractivity contribution in [3.8, 4) is 11.3 Å². The van der Waals surface area contributed by atoms with Crippen molar-refractivity contribution >= 4 is 11.8 Å². The number of hydrogen-bond acceptors (Lipinski definition) is 3. The van der Waals surface area contributed by atoms with Gasteiger partial charge in [0.25, 0.3) is 5.91 Å². The highest BCUT2D eigenvalue weighted by molar-refractivity contribution is 6.03. The molecule has 2 aromatic carbocycles. The number of amides is 1. The number of nitrogens with one attached hydrogen (secondary N) is 1. The van der Waals surface area contributed by atoms with Crippen LogP contribution in [0.4, 0.5) is 10.3 Å². The molecule has 0 saturated heterocycles. The molecule has 21 heavy (non-hydrogen) atoms. The van der Waals surface area contributed by atoms with Gasteiger partial charge in [-0.2, -0.15) is 0 Å². The van der Waals surface area contributed by atoms with Crippen molar-refractivity contribution in [3.05, 3.63) is 72.0 Å². The van der Waals surface area contributed by atoms with Crippen LogP contribution in [0.15, 0.2) is 65.2 Å². The van der Waals surface area contributed by atoms with Crippen LogP contribution in [0.2, 0.25) is 0 Å². The fourth-order valence-corrected chi connectivity index (χ4v) is 1.86. The van der Waals surface area contributed by atoms with E-state index in [1.54, 1.807) is 42.5 Å². The van der Waals surface area contributed by atoms with Gasteiger partial charge in [-0.1, -0.05) is 23.4 Å². The molecule has 0 unspecified atom stereocenters. The number of nitrogens with zero attached hydrogens (tertiary/aromatic N) is 1. The van der Waals surface area contributed by atoms with Crippen LogP contribution in [0.3, 0.4) is 0 Å². The van der Waals surface area contributed by atoms with Crippen molar-refractivity contribution in [3.63, 3.8) is 0 Å². The summed E-state index contributed by atoms with van der Waals surface area (Å²) in [6.07, 6.45) is 0. The van der Waals surface area contributed by atoms with E-state index < -0.39 is 0 Å². The van der Waals surface area contributed by atoms with Crippen molar-refractivity contribution in [1.29, 1.82) is 0 Å². The summed E-state index contributed by atoms with van der Waals surface area (Å²) in [7, 11) is 0. The minimum atomic E-state index is -0.320. The Morgan fingerprint density at radius 1 is 1.05 bits per heavy atom. The molecule has 0 radical (unpaired) electrons. The van der Waals surface area contributed by atoms with Gasteiger partial charge in [0.1, 0.15) is 11.5 Å². The lowest BCUT2D eigenvalue weighted by molar-refractivity contribution is 0.102. The van der Waals surface area contributed by atoms with Gasteiger partial charge in [-0.25, -0.2) is 4.39 Å². The standard InChI is InChI=1S/C16H11FN2O2/c17-13-8-6-11(7-9-13)14-10-15(21-19-14)18-16(20)12-4-2-1-3-5-12/h1-10H,(H,18,20). The van der Waals surface area contributed by atoms with E-state index in [2.05, 4.69) is 10.5 Å². The molecule has 0 bridgehead atoms. The second-order valence-electron chi connectivity index (χ2n) is 4.40. The van der Waals surface area contributed by atoms with E-state index in [9.17, 15) is 9.18 Å². The molecule has 0 aliphatic heterocycles. The van der Waals surface area contributed by atoms with Crippen LogP contribution in [0, 0.1) is 5.82 Å². The zero-order valence-electron chi connectivity index (χ0n) is 10.9. The third kappa shape index (κ3) is 2.97. The summed E-state index contributed by atoms with van der Waals surface area (Å²) >= 11 is 0. The highest BCUT2D eigenvalue weighted by atomic mass is 19.1. The molecule has 0 saturated carbocycles. The molecular weight excluding hydrogens is 271 g/mol. The Kier molecular flexibility index (Phi) is 3.47. The molecule has 1 aromatic heterocycles. The predicted octanol–water partition coefficient (Wildman–Crippen LogP) is 3.73. The van der Waals surface area contributed by atoms with E-state index in [4.69, 9.17) is 4.52 Å². The van der Waals surface area contributed by atoms with Gasteiger partial charge < -0.3 is 4.52 Å². The van der Waals surface area contributed by atoms with Crippen molar-refractivity contribution < 1.29 is 13.7 Å². The van der Waals surface area contributed by atoms with E-state index in [0.29, 0.717) is 16.8 Å². The molecule has 0 spiro atoms. The topological polar surface area (TPSA) is 55.1 Å². The summed E-state index contributed by atoms with van der Waals surface area (Å²) in [5.41, 5.74) is 1.76. The van der Waals surface area contributed by atoms with Crippen molar-refractivity contribution in [2.75, 3.05) is 5.32 Å². The molecule has 1 amide bonds. The summed E-state index contributed by atoms with van der Waals surface area (Å²) < 4.78 is 17.9. The Morgan fingerprint density at radius 2 is 1.76 bits per heavy atom. The first-order chi connectivity index (χ1) is 10.2. The Balaban J connectivity index is 1.76. The second kappa shape index (κ2) is 5.58. The number of rotatable bonds is 3. The number of anilines is 1. The van der Waals surface area contributed by atoms with Crippen molar-refractivity contribution in [2.24, 2.45) is 0 Å². The third-order valence-corrected chi connectivity index (χ3v) is 2.92. The van der Waals surface area contributed by atoms with Crippen LogP contribution in [-0.4, -0.2) is 11.1 Å². The number of hydrogen-bond donors (Lipinski definition) is 1. The maximum absolute atomic E-state index is 12.9. The molecule has 0 aliphatic carbocycles. The fraction of sp³-hybridized carbons (Fsp3) is 0. The first kappa shape index (κ1) is 13.1. The van der Waals surface area contributed by atoms with Gasteiger partial charge in [0, 0.05) is 17.2 Å². The van der Waals surface area contributed by atoms with Crippen LogP contribution < -0.4 is 5.32 Å². The molecule has 5 heteroatoms. The SMILES string of the molecule is O=C(Nc1cc(-c2ccc(F)cc2)no1)c1ccccc1. The number of carbonyl (C=O) groups excluding carboxylic acids is 1. The van der Waals surface area contributed by atoms with Gasteiger partial charge in [0.15, 0.2) is 0 Å². The number of halogens is 1. The molecule has 4 nitrogen and oxygen atoms in total. The quantitative estimate of drug-likeness (QED) is 0.796. The fourth-order valence-electron chi connectivity index (χ4n) is 1.86. The Hall–Kier alpha value is -2.95. The molecular formula is C16H11FN2O2. The largest absolute Gasteiger partial charge is 0.338 e. The first-order valence-electron chi connectivity index (χ1n) is 6.31. The van der Waals surface area contributed by atoms with E-state index in [1.165, 1.54) is 12.1 Å². The minimum Gasteiger partial charge on any atom is -0.338 e. The summed E-state index contributed by atoms with van der Waals surface area (Å²) in [5, 5.41) is 6.47. The zero-order chi connectivity index (χ0) is 14.7. The maximum Gasteiger partial charge on any atom is 0.258 e. The average Bonchev–Trinajstić information content (AvgIpc) is 2.97. The van der Waals surface area contributed by atoms with Gasteiger partial charge in [-0.3, -0.25) is 10.1 Å². The lowest BCUT2D eigenvalue weighted by atomic mass is 10.1. The molecule has 3 aromatic rings. The average molecular weight is 282 g/mol. The van der Waals surface area contributed by atoms with E-state index in [1.807, 2.05) is 6.07 Å². The Labute approximate surface area is 120 Å². The van der Waals surface area contributed by atoms with Crippen molar-refractivity contribution in [2.45, 2.75) is 0 Å². The van der Waals surface area contributed by atoms with Crippen LogP contribution in [-0.2, 0) is 0 Å². The normalized spacial score (nSPS) is 10.3. The van der Waals surface area contributed by atoms with Gasteiger partial charge in [-0.15, -0.1) is 0 Å². The molecule has 3 rings (SSSR count). The van der Waals surface area contributed by atoms with E-state index in [0.717, 1.165) is 0 Å². The molecule has 1 N–H and O–H groups in total. The van der Waals surface area contributed by atoms with Gasteiger partial charge in [0.2, 0.25) is 5.88 Å². The summed E-state index contributed by atoms with van der Waals surface area (Å²) in [5.74, 6) is -0.361. The summed E-state index contributed by atoms with van der Waals surface area (Å²) in [4.78, 5) is 12.0. The van der Waals surface area contributed by atoms with Gasteiger partial charge >= 0.3 is 0 Å². The van der Waals surface area contributed by atoms with Crippen molar-refractivity contribution in [1.82, 2.24) is 5.16 Å². The minimum absolute atomic E-state index is 0.239. The molecule has 0 aliphatic rings. The van der Waals surface area contributed by atoms with E-state index in [-0.39, 0.29) is 17.6 Å². The summed E-state index contributed by atoms with van der Waals surface area (Å²) in [6, 6.07) is 16.2. The second-order valence-corrected chi connectivity index (χ2v) is 4.40. The zero-order valence-corrected chi connectivity index (χ0v) is 10.9. The monoisotopic (exact) mass is 282 g/mol. The van der Waals surface area contributed by atoms with Crippen LogP contribution in [0.25, 0.3) is 11.3 Å². The number of carbonyl (C=O) groups is 1. The highest BCUT2D eigenvalue weighted by Crippen LogP contribution is 2.22. The molecule has 0 atom stereocenters. The smallest absolute Gasteiger partial charge is 0.258 e. The maximum atomic E-state index is 12.9. The molecule has 0 fully saturated rings. The molecule has 104 valence electrons. The lowest BCUT2D eigenvalue weighted by Gasteiger charge is -1.99. The molecule has 1 heterocycles. The third-order valence-electron chi connectivity index (χ3n) is 2.92. The van der Waals surface area contributed by atoms with Crippen LogP contribution in [0.5, 0.6) is 0 Å². The van der Waals surface area contributed by atoms with Crippen LogP contribution in [0.1, 0.15) is 10.4 Å². The lowest BCUT2D eigenvalue weighted by Crippen LogP contribution is -2.10.